The molecule has 1 aromatic heterocycles. The molecule has 150 valence electrons. The molecule has 3 rings (SSSR count). The van der Waals surface area contributed by atoms with Crippen LogP contribution in [-0.2, 0) is 26.0 Å². The Bertz CT molecular complexity index is 906. The van der Waals surface area contributed by atoms with Gasteiger partial charge in [0.15, 0.2) is 5.69 Å². The van der Waals surface area contributed by atoms with Crippen molar-refractivity contribution in [3.05, 3.63) is 47.9 Å². The number of ether oxygens (including phenoxy) is 1. The number of benzene rings is 1. The van der Waals surface area contributed by atoms with Crippen molar-refractivity contribution in [3.63, 3.8) is 0 Å². The average Bonchev–Trinajstić information content (AvgIpc) is 3.26. The third kappa shape index (κ3) is 4.94. The van der Waals surface area contributed by atoms with Gasteiger partial charge in [-0.3, -0.25) is 20.4 Å². The summed E-state index contributed by atoms with van der Waals surface area (Å²) in [7, 11) is -3.54. The van der Waals surface area contributed by atoms with E-state index in [1.54, 1.807) is 12.1 Å². The van der Waals surface area contributed by atoms with E-state index in [1.165, 1.54) is 28.8 Å². The van der Waals surface area contributed by atoms with Crippen molar-refractivity contribution in [2.45, 2.75) is 17.7 Å². The molecule has 1 aromatic carbocycles. The number of aromatic nitrogens is 1. The largest absolute Gasteiger partial charge is 0.379 e. The Morgan fingerprint density at radius 3 is 2.43 bits per heavy atom. The van der Waals surface area contributed by atoms with E-state index in [0.29, 0.717) is 32.7 Å². The fraction of sp³-hybridized carbons (Fsp3) is 0.353. The molecule has 1 fully saturated rings. The molecule has 2 aromatic rings. The van der Waals surface area contributed by atoms with E-state index in [9.17, 15) is 18.0 Å². The number of carbonyl (C=O) groups excluding carboxylic acids is 2. The highest BCUT2D eigenvalue weighted by molar-refractivity contribution is 7.89. The molecular weight excluding hydrogens is 388 g/mol. The van der Waals surface area contributed by atoms with Gasteiger partial charge >= 0.3 is 0 Å². The average molecular weight is 408 g/mol. The van der Waals surface area contributed by atoms with Gasteiger partial charge in [-0.25, -0.2) is 8.42 Å². The maximum absolute atomic E-state index is 12.6. The smallest absolute Gasteiger partial charge is 0.291 e. The number of amides is 2. The Labute approximate surface area is 161 Å². The topological polar surface area (TPSA) is 131 Å². The molecule has 0 bridgehead atoms. The van der Waals surface area contributed by atoms with Crippen molar-refractivity contribution >= 4 is 21.8 Å². The van der Waals surface area contributed by atoms with Crippen molar-refractivity contribution in [1.29, 1.82) is 0 Å². The summed E-state index contributed by atoms with van der Waals surface area (Å²) in [5, 5.41) is 3.45. The molecular formula is C17H20N4O6S. The summed E-state index contributed by atoms with van der Waals surface area (Å²) >= 11 is 0. The first kappa shape index (κ1) is 20.0. The lowest BCUT2D eigenvalue weighted by molar-refractivity contribution is -0.121. The van der Waals surface area contributed by atoms with Crippen LogP contribution in [0.15, 0.2) is 46.0 Å². The zero-order valence-electron chi connectivity index (χ0n) is 15.0. The van der Waals surface area contributed by atoms with E-state index in [-0.39, 0.29) is 22.9 Å². The molecule has 0 saturated carbocycles. The van der Waals surface area contributed by atoms with Crippen LogP contribution < -0.4 is 10.9 Å². The number of hydrogen-bond acceptors (Lipinski definition) is 7. The fourth-order valence-corrected chi connectivity index (χ4v) is 4.01. The van der Waals surface area contributed by atoms with Gasteiger partial charge in [-0.1, -0.05) is 17.3 Å². The van der Waals surface area contributed by atoms with Crippen molar-refractivity contribution in [1.82, 2.24) is 20.3 Å². The lowest BCUT2D eigenvalue weighted by Gasteiger charge is -2.26. The summed E-state index contributed by atoms with van der Waals surface area (Å²) in [6, 6.07) is 7.78. The second-order valence-electron chi connectivity index (χ2n) is 6.05. The van der Waals surface area contributed by atoms with Gasteiger partial charge in [0.25, 0.3) is 5.91 Å². The second-order valence-corrected chi connectivity index (χ2v) is 7.99. The number of rotatable bonds is 6. The highest BCUT2D eigenvalue weighted by atomic mass is 32.2. The lowest BCUT2D eigenvalue weighted by Crippen LogP contribution is -2.41. The predicted octanol–water partition coefficient (Wildman–Crippen LogP) is 0.0893. The van der Waals surface area contributed by atoms with Crippen LogP contribution in [0.5, 0.6) is 0 Å². The summed E-state index contributed by atoms with van der Waals surface area (Å²) in [4.78, 5) is 23.7. The SMILES string of the molecule is O=C(CCc1ccc(S(=O)(=O)N2CCOCC2)cc1)NNC(=O)c1ccon1. The molecule has 28 heavy (non-hydrogen) atoms. The van der Waals surface area contributed by atoms with Crippen LogP contribution in [0.1, 0.15) is 22.5 Å². The molecule has 2 N–H and O–H groups in total. The van der Waals surface area contributed by atoms with Crippen LogP contribution >= 0.6 is 0 Å². The number of nitrogens with one attached hydrogen (secondary N) is 2. The van der Waals surface area contributed by atoms with Gasteiger partial charge in [-0.05, 0) is 24.1 Å². The van der Waals surface area contributed by atoms with Crippen molar-refractivity contribution in [2.24, 2.45) is 0 Å². The number of morpholine rings is 1. The number of sulfonamides is 1. The summed E-state index contributed by atoms with van der Waals surface area (Å²) in [6.45, 7) is 1.45. The summed E-state index contributed by atoms with van der Waals surface area (Å²) in [6.07, 6.45) is 1.76. The molecule has 1 aliphatic rings. The van der Waals surface area contributed by atoms with Crippen LogP contribution in [0, 0.1) is 0 Å². The van der Waals surface area contributed by atoms with Crippen LogP contribution in [0.25, 0.3) is 0 Å². The summed E-state index contributed by atoms with van der Waals surface area (Å²) in [5.41, 5.74) is 5.37. The standard InChI is InChI=1S/C17H20N4O6S/c22-16(18-19-17(23)15-7-10-27-20-15)6-3-13-1-4-14(5-2-13)28(24,25)21-8-11-26-12-9-21/h1-2,4-5,7,10H,3,6,8-9,11-12H2,(H,18,22)(H,19,23). The van der Waals surface area contributed by atoms with Gasteiger partial charge in [-0.15, -0.1) is 0 Å². The molecule has 1 saturated heterocycles. The lowest BCUT2D eigenvalue weighted by atomic mass is 10.1. The zero-order valence-corrected chi connectivity index (χ0v) is 15.8. The molecule has 0 spiro atoms. The van der Waals surface area contributed by atoms with Crippen LogP contribution in [0.2, 0.25) is 0 Å². The highest BCUT2D eigenvalue weighted by Crippen LogP contribution is 2.18. The van der Waals surface area contributed by atoms with E-state index in [4.69, 9.17) is 4.74 Å². The Hall–Kier alpha value is -2.76. The molecule has 0 unspecified atom stereocenters. The van der Waals surface area contributed by atoms with Gasteiger partial charge in [0, 0.05) is 25.6 Å². The third-order valence-corrected chi connectivity index (χ3v) is 6.07. The number of nitrogens with zero attached hydrogens (tertiary/aromatic N) is 2. The zero-order chi connectivity index (χ0) is 20.0. The van der Waals surface area contributed by atoms with Gasteiger partial charge in [0.2, 0.25) is 15.9 Å². The highest BCUT2D eigenvalue weighted by Gasteiger charge is 2.26. The number of aryl methyl sites for hydroxylation is 1. The molecule has 2 heterocycles. The predicted molar refractivity (Wildman–Crippen MR) is 96.5 cm³/mol. The Morgan fingerprint density at radius 1 is 1.07 bits per heavy atom. The van der Waals surface area contributed by atoms with Gasteiger partial charge in [0.05, 0.1) is 18.1 Å². The van der Waals surface area contributed by atoms with Crippen LogP contribution in [0.3, 0.4) is 0 Å². The Kier molecular flexibility index (Phi) is 6.39. The van der Waals surface area contributed by atoms with Crippen molar-refractivity contribution < 1.29 is 27.3 Å². The van der Waals surface area contributed by atoms with Crippen LogP contribution in [-0.4, -0.2) is 56.0 Å². The minimum atomic E-state index is -3.54. The Balaban J connectivity index is 1.48. The number of hydrogen-bond donors (Lipinski definition) is 2. The monoisotopic (exact) mass is 408 g/mol. The van der Waals surface area contributed by atoms with Gasteiger partial charge < -0.3 is 9.26 Å². The third-order valence-electron chi connectivity index (χ3n) is 4.16. The molecule has 2 amide bonds. The normalized spacial score (nSPS) is 15.1. The second kappa shape index (κ2) is 8.95. The van der Waals surface area contributed by atoms with E-state index in [1.807, 2.05) is 0 Å². The fourth-order valence-electron chi connectivity index (χ4n) is 2.60. The molecule has 10 nitrogen and oxygen atoms in total. The van der Waals surface area contributed by atoms with Crippen LogP contribution in [0.4, 0.5) is 0 Å². The first-order valence-electron chi connectivity index (χ1n) is 8.63. The molecule has 11 heteroatoms. The minimum absolute atomic E-state index is 0.0531. The quantitative estimate of drug-likeness (QED) is 0.648. The van der Waals surface area contributed by atoms with Gasteiger partial charge in [-0.2, -0.15) is 4.31 Å². The number of hydrazine groups is 1. The molecule has 0 atom stereocenters. The van der Waals surface area contributed by atoms with Gasteiger partial charge in [0.1, 0.15) is 6.26 Å². The maximum atomic E-state index is 12.6. The molecule has 0 radical (unpaired) electrons. The Morgan fingerprint density at radius 2 is 1.79 bits per heavy atom. The first-order valence-corrected chi connectivity index (χ1v) is 10.1. The summed E-state index contributed by atoms with van der Waals surface area (Å²) in [5.74, 6) is -0.971. The molecule has 1 aliphatic heterocycles. The first-order chi connectivity index (χ1) is 13.5. The van der Waals surface area contributed by atoms with E-state index < -0.39 is 15.9 Å². The number of carbonyl (C=O) groups is 2. The van der Waals surface area contributed by atoms with E-state index in [2.05, 4.69) is 20.5 Å². The van der Waals surface area contributed by atoms with E-state index >= 15 is 0 Å². The molecule has 0 aliphatic carbocycles. The van der Waals surface area contributed by atoms with Crippen molar-refractivity contribution in [3.8, 4) is 0 Å². The summed E-state index contributed by atoms with van der Waals surface area (Å²) < 4.78 is 36.3. The van der Waals surface area contributed by atoms with E-state index in [0.717, 1.165) is 5.56 Å². The minimum Gasteiger partial charge on any atom is -0.379 e. The van der Waals surface area contributed by atoms with Crippen molar-refractivity contribution in [2.75, 3.05) is 26.3 Å². The maximum Gasteiger partial charge on any atom is 0.291 e.